The smallest absolute Gasteiger partial charge is 0.238 e. The summed E-state index contributed by atoms with van der Waals surface area (Å²) in [6, 6.07) is 72.4. The molecule has 0 aliphatic rings. The highest BCUT2D eigenvalue weighted by molar-refractivity contribution is 6.23. The van der Waals surface area contributed by atoms with Gasteiger partial charge in [-0.05, 0) is 36.4 Å². The molecule has 66 heavy (non-hydrogen) atoms. The highest BCUT2D eigenvalue weighted by atomic mass is 15.2. The molecular formula is C57H35N9. The van der Waals surface area contributed by atoms with Gasteiger partial charge in [0.05, 0.1) is 27.6 Å². The summed E-state index contributed by atoms with van der Waals surface area (Å²) >= 11 is 0. The van der Waals surface area contributed by atoms with E-state index in [-0.39, 0.29) is 0 Å². The van der Waals surface area contributed by atoms with E-state index < -0.39 is 0 Å². The van der Waals surface area contributed by atoms with E-state index in [9.17, 15) is 0 Å². The summed E-state index contributed by atoms with van der Waals surface area (Å²) in [6.07, 6.45) is 0. The second kappa shape index (κ2) is 15.3. The zero-order valence-corrected chi connectivity index (χ0v) is 35.2. The van der Waals surface area contributed by atoms with Crippen LogP contribution < -0.4 is 0 Å². The van der Waals surface area contributed by atoms with Crippen LogP contribution in [0.2, 0.25) is 0 Å². The van der Waals surface area contributed by atoms with Gasteiger partial charge in [0, 0.05) is 54.9 Å². The van der Waals surface area contributed by atoms with Crippen LogP contribution >= 0.6 is 0 Å². The fourth-order valence-corrected chi connectivity index (χ4v) is 9.18. The van der Waals surface area contributed by atoms with Crippen molar-refractivity contribution in [3.05, 3.63) is 212 Å². The number of hydrogen-bond donors (Lipinski definition) is 0. The van der Waals surface area contributed by atoms with Gasteiger partial charge in [0.25, 0.3) is 0 Å². The topological polar surface area (TPSA) is 100 Å². The van der Waals surface area contributed by atoms with Crippen LogP contribution in [0.3, 0.4) is 0 Å². The molecule has 9 heteroatoms. The molecule has 9 nitrogen and oxygen atoms in total. The molecule has 5 heterocycles. The van der Waals surface area contributed by atoms with Crippen molar-refractivity contribution in [3.63, 3.8) is 0 Å². The lowest BCUT2D eigenvalue weighted by Crippen LogP contribution is -2.07. The van der Waals surface area contributed by atoms with Crippen molar-refractivity contribution in [1.82, 2.24) is 44.0 Å². The van der Waals surface area contributed by atoms with E-state index in [0.717, 1.165) is 82.5 Å². The summed E-state index contributed by atoms with van der Waals surface area (Å²) in [7, 11) is 0. The quantitative estimate of drug-likeness (QED) is 0.157. The Balaban J connectivity index is 1.09. The average molecular weight is 846 g/mol. The Hall–Kier alpha value is -9.21. The van der Waals surface area contributed by atoms with Crippen molar-refractivity contribution < 1.29 is 0 Å². The van der Waals surface area contributed by atoms with Crippen molar-refractivity contribution >= 4 is 54.5 Å². The molecule has 0 N–H and O–H groups in total. The molecule has 0 fully saturated rings. The van der Waals surface area contributed by atoms with Crippen LogP contribution in [0.4, 0.5) is 0 Å². The van der Waals surface area contributed by atoms with Crippen LogP contribution in [0, 0.1) is 0 Å². The summed E-state index contributed by atoms with van der Waals surface area (Å²) in [6.45, 7) is 0. The lowest BCUT2D eigenvalue weighted by atomic mass is 10.1. The molecule has 5 aromatic heterocycles. The van der Waals surface area contributed by atoms with Gasteiger partial charge in [-0.3, -0.25) is 4.57 Å². The third-order valence-corrected chi connectivity index (χ3v) is 12.2. The Labute approximate surface area is 378 Å². The number of para-hydroxylation sites is 3. The predicted octanol–water partition coefficient (Wildman–Crippen LogP) is 13.1. The first kappa shape index (κ1) is 37.4. The van der Waals surface area contributed by atoms with Crippen LogP contribution in [-0.4, -0.2) is 44.0 Å². The zero-order valence-electron chi connectivity index (χ0n) is 35.2. The summed E-state index contributed by atoms with van der Waals surface area (Å²) in [5, 5.41) is 5.42. The maximum absolute atomic E-state index is 5.31. The minimum Gasteiger partial charge on any atom is -0.307 e. The highest BCUT2D eigenvalue weighted by Crippen LogP contribution is 2.42. The maximum atomic E-state index is 5.31. The Morgan fingerprint density at radius 2 is 0.758 bits per heavy atom. The van der Waals surface area contributed by atoms with Gasteiger partial charge >= 0.3 is 0 Å². The van der Waals surface area contributed by atoms with Gasteiger partial charge in [-0.2, -0.15) is 9.97 Å². The molecule has 13 rings (SSSR count). The summed E-state index contributed by atoms with van der Waals surface area (Å²) in [5.74, 6) is 3.33. The number of fused-ring (bicyclic) bond motifs is 8. The van der Waals surface area contributed by atoms with Crippen molar-refractivity contribution in [3.8, 4) is 68.7 Å². The van der Waals surface area contributed by atoms with E-state index in [2.05, 4.69) is 106 Å². The number of aromatic nitrogens is 9. The van der Waals surface area contributed by atoms with Gasteiger partial charge in [0.1, 0.15) is 5.69 Å². The molecule has 0 saturated carbocycles. The average Bonchev–Trinajstić information content (AvgIpc) is 3.92. The molecule has 0 bridgehead atoms. The van der Waals surface area contributed by atoms with Crippen LogP contribution in [0.5, 0.6) is 0 Å². The van der Waals surface area contributed by atoms with Crippen LogP contribution in [-0.2, 0) is 0 Å². The fourth-order valence-electron chi connectivity index (χ4n) is 9.18. The minimum absolute atomic E-state index is 0.484. The molecule has 0 radical (unpaired) electrons. The first-order chi connectivity index (χ1) is 32.7. The molecule has 0 unspecified atom stereocenters. The molecule has 0 spiro atoms. The van der Waals surface area contributed by atoms with Crippen molar-refractivity contribution in [2.45, 2.75) is 0 Å². The van der Waals surface area contributed by atoms with Gasteiger partial charge < -0.3 is 4.57 Å². The van der Waals surface area contributed by atoms with Gasteiger partial charge in [-0.1, -0.05) is 176 Å². The van der Waals surface area contributed by atoms with E-state index in [1.54, 1.807) is 0 Å². The molecular weight excluding hydrogens is 811 g/mol. The first-order valence-electron chi connectivity index (χ1n) is 21.8. The third-order valence-electron chi connectivity index (χ3n) is 12.2. The standard InChI is InChI=1S/C57H35N9/c1-4-18-37(19-5-1)52-59-53(38-20-6-2-7-21-38)61-55(60-52)40-24-16-25-41(35-40)65-48-29-14-11-26-42(48)44-32-33-45-43-27-12-15-30-49(43)66(51(45)50(44)65)57-63-54(39-22-8-3-9-23-39)62-56(64-57)47-34-31-36-17-10-13-28-46(36)58-47/h1-35H. The van der Waals surface area contributed by atoms with Crippen molar-refractivity contribution in [2.24, 2.45) is 0 Å². The second-order valence-electron chi connectivity index (χ2n) is 16.2. The first-order valence-corrected chi connectivity index (χ1v) is 21.8. The monoisotopic (exact) mass is 845 g/mol. The van der Waals surface area contributed by atoms with Gasteiger partial charge in [0.15, 0.2) is 29.1 Å². The van der Waals surface area contributed by atoms with Gasteiger partial charge in [0.2, 0.25) is 5.95 Å². The molecule has 0 aliphatic heterocycles. The second-order valence-corrected chi connectivity index (χ2v) is 16.2. The lowest BCUT2D eigenvalue weighted by Gasteiger charge is -2.14. The fraction of sp³-hybridized carbons (Fsp3) is 0. The van der Waals surface area contributed by atoms with Crippen molar-refractivity contribution in [1.29, 1.82) is 0 Å². The summed E-state index contributed by atoms with van der Waals surface area (Å²) in [4.78, 5) is 35.9. The number of benzene rings is 8. The summed E-state index contributed by atoms with van der Waals surface area (Å²) < 4.78 is 4.56. The summed E-state index contributed by atoms with van der Waals surface area (Å²) in [5.41, 5.74) is 10.1. The van der Waals surface area contributed by atoms with Gasteiger partial charge in [-0.25, -0.2) is 24.9 Å². The Morgan fingerprint density at radius 3 is 1.39 bits per heavy atom. The van der Waals surface area contributed by atoms with E-state index in [0.29, 0.717) is 40.8 Å². The van der Waals surface area contributed by atoms with Crippen molar-refractivity contribution in [2.75, 3.05) is 0 Å². The number of pyridine rings is 1. The van der Waals surface area contributed by atoms with Crippen LogP contribution in [0.15, 0.2) is 212 Å². The number of hydrogen-bond acceptors (Lipinski definition) is 7. The van der Waals surface area contributed by atoms with Crippen LogP contribution in [0.1, 0.15) is 0 Å². The Bertz CT molecular complexity index is 3940. The largest absolute Gasteiger partial charge is 0.307 e. The normalized spacial score (nSPS) is 11.6. The Morgan fingerprint density at radius 1 is 0.288 bits per heavy atom. The lowest BCUT2D eigenvalue weighted by molar-refractivity contribution is 0.949. The zero-order chi connectivity index (χ0) is 43.6. The molecule has 0 saturated heterocycles. The Kier molecular flexibility index (Phi) is 8.63. The predicted molar refractivity (Wildman–Crippen MR) is 264 cm³/mol. The van der Waals surface area contributed by atoms with E-state index in [4.69, 9.17) is 34.9 Å². The van der Waals surface area contributed by atoms with Gasteiger partial charge in [-0.15, -0.1) is 0 Å². The number of rotatable bonds is 7. The molecule has 8 aromatic carbocycles. The molecule has 0 aliphatic carbocycles. The maximum Gasteiger partial charge on any atom is 0.238 e. The highest BCUT2D eigenvalue weighted by Gasteiger charge is 2.24. The minimum atomic E-state index is 0.484. The molecule has 0 amide bonds. The SMILES string of the molecule is c1ccc(-c2nc(-c3ccccc3)nc(-c3cccc(-n4c5ccccc5c5ccc6c7ccccc7n(-c7nc(-c8ccccc8)nc(-c8ccc9ccccc9n8)n7)c6c54)c3)n2)cc1. The van der Waals surface area contributed by atoms with Crippen LogP contribution in [0.25, 0.3) is 123 Å². The van der Waals surface area contributed by atoms with E-state index in [1.807, 2.05) is 115 Å². The number of nitrogens with zero attached hydrogens (tertiary/aromatic N) is 9. The van der Waals surface area contributed by atoms with E-state index in [1.165, 1.54) is 0 Å². The van der Waals surface area contributed by atoms with E-state index >= 15 is 0 Å². The third kappa shape index (κ3) is 6.21. The molecule has 13 aromatic rings. The molecule has 308 valence electrons. The molecule has 0 atom stereocenters.